The summed E-state index contributed by atoms with van der Waals surface area (Å²) < 4.78 is 38.3. The summed E-state index contributed by atoms with van der Waals surface area (Å²) in [5, 5.41) is 1.92. The molecule has 0 aliphatic rings. The van der Waals surface area contributed by atoms with E-state index in [1.54, 1.807) is 26.0 Å². The highest BCUT2D eigenvalue weighted by atomic mass is 35.5. The van der Waals surface area contributed by atoms with Gasteiger partial charge in [-0.15, -0.1) is 0 Å². The van der Waals surface area contributed by atoms with Gasteiger partial charge in [0.1, 0.15) is 0 Å². The maximum atomic E-state index is 13.6. The normalized spacial score (nSPS) is 11.7. The second-order valence-corrected chi connectivity index (χ2v) is 7.36. The predicted octanol–water partition coefficient (Wildman–Crippen LogP) is 3.19. The molecule has 0 aliphatic carbocycles. The first kappa shape index (κ1) is 15.7. The molecule has 21 heavy (non-hydrogen) atoms. The summed E-state index contributed by atoms with van der Waals surface area (Å²) in [4.78, 5) is 7.29. The molecule has 1 aromatic heterocycles. The summed E-state index contributed by atoms with van der Waals surface area (Å²) in [7, 11) is -3.51. The van der Waals surface area contributed by atoms with E-state index in [4.69, 9.17) is 11.6 Å². The Hall–Kier alpha value is -1.73. The summed E-state index contributed by atoms with van der Waals surface area (Å²) >= 11 is 5.62. The average Bonchev–Trinajstić information content (AvgIpc) is 2.43. The Bertz CT molecular complexity index is 766. The Morgan fingerprint density at radius 1 is 1.29 bits per heavy atom. The second kappa shape index (κ2) is 5.95. The van der Waals surface area contributed by atoms with E-state index >= 15 is 0 Å². The quantitative estimate of drug-likeness (QED) is 0.872. The van der Waals surface area contributed by atoms with Crippen LogP contribution in [0.4, 0.5) is 15.9 Å². The van der Waals surface area contributed by atoms with E-state index in [0.29, 0.717) is 0 Å². The molecule has 0 atom stereocenters. The molecular formula is C13H13ClFN3O2S. The lowest BCUT2D eigenvalue weighted by atomic mass is 10.3. The van der Waals surface area contributed by atoms with Gasteiger partial charge in [-0.1, -0.05) is 12.1 Å². The summed E-state index contributed by atoms with van der Waals surface area (Å²) in [6.07, 6.45) is 0.914. The molecule has 1 heterocycles. The lowest BCUT2D eigenvalue weighted by Crippen LogP contribution is -2.15. The maximum absolute atomic E-state index is 13.6. The molecule has 0 fully saturated rings. The number of anilines is 2. The monoisotopic (exact) mass is 329 g/mol. The molecule has 5 nitrogen and oxygen atoms in total. The van der Waals surface area contributed by atoms with Gasteiger partial charge in [-0.2, -0.15) is 4.98 Å². The zero-order valence-corrected chi connectivity index (χ0v) is 12.9. The van der Waals surface area contributed by atoms with Crippen LogP contribution in [0.25, 0.3) is 0 Å². The van der Waals surface area contributed by atoms with Gasteiger partial charge in [0.25, 0.3) is 0 Å². The van der Waals surface area contributed by atoms with Gasteiger partial charge < -0.3 is 5.32 Å². The van der Waals surface area contributed by atoms with Crippen LogP contribution in [-0.4, -0.2) is 23.6 Å². The molecule has 0 amide bonds. The van der Waals surface area contributed by atoms with Crippen molar-refractivity contribution in [1.29, 1.82) is 0 Å². The van der Waals surface area contributed by atoms with Crippen LogP contribution in [-0.2, 0) is 9.84 Å². The van der Waals surface area contributed by atoms with Crippen molar-refractivity contribution >= 4 is 32.9 Å². The third-order valence-corrected chi connectivity index (χ3v) is 5.17. The fraction of sp³-hybridized carbons (Fsp3) is 0.231. The van der Waals surface area contributed by atoms with E-state index in [-0.39, 0.29) is 21.7 Å². The highest BCUT2D eigenvalue weighted by molar-refractivity contribution is 7.92. The number of nitrogens with one attached hydrogen (secondary N) is 1. The highest BCUT2D eigenvalue weighted by Gasteiger charge is 2.23. The number of hydrogen-bond donors (Lipinski definition) is 1. The Balaban J connectivity index is 2.49. The van der Waals surface area contributed by atoms with E-state index in [1.807, 2.05) is 0 Å². The smallest absolute Gasteiger partial charge is 0.224 e. The molecule has 0 unspecified atom stereocenters. The van der Waals surface area contributed by atoms with Gasteiger partial charge >= 0.3 is 0 Å². The Kier molecular flexibility index (Phi) is 4.43. The molecular weight excluding hydrogens is 317 g/mol. The van der Waals surface area contributed by atoms with Crippen LogP contribution >= 0.6 is 11.6 Å². The first-order valence-electron chi connectivity index (χ1n) is 6.10. The third kappa shape index (κ3) is 3.30. The number of rotatable bonds is 4. The first-order chi connectivity index (χ1) is 9.82. The van der Waals surface area contributed by atoms with Crippen molar-refractivity contribution in [1.82, 2.24) is 9.97 Å². The molecule has 1 aromatic carbocycles. The summed E-state index contributed by atoms with van der Waals surface area (Å²) in [5.41, 5.74) is 0.236. The van der Waals surface area contributed by atoms with Crippen LogP contribution in [0.3, 0.4) is 0 Å². The lowest BCUT2D eigenvalue weighted by molar-refractivity contribution is 0.587. The maximum Gasteiger partial charge on any atom is 0.224 e. The van der Waals surface area contributed by atoms with Gasteiger partial charge in [-0.3, -0.25) is 0 Å². The molecule has 2 rings (SSSR count). The van der Waals surface area contributed by atoms with Crippen molar-refractivity contribution in [3.63, 3.8) is 0 Å². The molecule has 0 radical (unpaired) electrons. The molecule has 0 bridgehead atoms. The standard InChI is InChI=1S/C13H13ClFN3O2S/c1-8(2)21(19,20)11-6-4-3-5-10(11)17-12-9(15)7-16-13(14)18-12/h3-8H,1-2H3,(H,16,17,18). The molecule has 0 saturated carbocycles. The summed E-state index contributed by atoms with van der Waals surface area (Å²) in [6, 6.07) is 6.23. The number of benzene rings is 1. The Morgan fingerprint density at radius 3 is 2.62 bits per heavy atom. The van der Waals surface area contributed by atoms with Gasteiger partial charge in [0.2, 0.25) is 5.28 Å². The van der Waals surface area contributed by atoms with Crippen molar-refractivity contribution in [3.8, 4) is 0 Å². The van der Waals surface area contributed by atoms with Crippen LogP contribution in [0.15, 0.2) is 35.4 Å². The number of aromatic nitrogens is 2. The van der Waals surface area contributed by atoms with Crippen molar-refractivity contribution < 1.29 is 12.8 Å². The van der Waals surface area contributed by atoms with E-state index in [1.165, 1.54) is 12.1 Å². The number of hydrogen-bond acceptors (Lipinski definition) is 5. The first-order valence-corrected chi connectivity index (χ1v) is 8.03. The largest absolute Gasteiger partial charge is 0.337 e. The van der Waals surface area contributed by atoms with Crippen molar-refractivity contribution in [2.75, 3.05) is 5.32 Å². The van der Waals surface area contributed by atoms with Gasteiger partial charge in [-0.25, -0.2) is 17.8 Å². The fourth-order valence-corrected chi connectivity index (χ4v) is 2.97. The van der Waals surface area contributed by atoms with Crippen molar-refractivity contribution in [3.05, 3.63) is 41.6 Å². The fourth-order valence-electron chi connectivity index (χ4n) is 1.63. The van der Waals surface area contributed by atoms with Crippen molar-refractivity contribution in [2.45, 2.75) is 24.0 Å². The molecule has 1 N–H and O–H groups in total. The second-order valence-electron chi connectivity index (χ2n) is 4.55. The van der Waals surface area contributed by atoms with Gasteiger partial charge in [0.05, 0.1) is 22.0 Å². The molecule has 0 aliphatic heterocycles. The van der Waals surface area contributed by atoms with Crippen LogP contribution in [0.2, 0.25) is 5.28 Å². The van der Waals surface area contributed by atoms with E-state index in [0.717, 1.165) is 6.20 Å². The van der Waals surface area contributed by atoms with Gasteiger partial charge in [0, 0.05) is 0 Å². The summed E-state index contributed by atoms with van der Waals surface area (Å²) in [5.74, 6) is -0.905. The molecule has 8 heteroatoms. The topological polar surface area (TPSA) is 72.0 Å². The number of nitrogens with zero attached hydrogens (tertiary/aromatic N) is 2. The molecule has 112 valence electrons. The minimum Gasteiger partial charge on any atom is -0.337 e. The number of halogens is 2. The van der Waals surface area contributed by atoms with Crippen LogP contribution < -0.4 is 5.32 Å². The minimum absolute atomic E-state index is 0.0779. The van der Waals surface area contributed by atoms with Gasteiger partial charge in [-0.05, 0) is 37.6 Å². The number of para-hydroxylation sites is 1. The summed E-state index contributed by atoms with van der Waals surface area (Å²) in [6.45, 7) is 3.16. The minimum atomic E-state index is -3.51. The van der Waals surface area contributed by atoms with Gasteiger partial charge in [0.15, 0.2) is 21.5 Å². The Morgan fingerprint density at radius 2 is 1.95 bits per heavy atom. The molecule has 0 spiro atoms. The number of sulfone groups is 1. The SMILES string of the molecule is CC(C)S(=O)(=O)c1ccccc1Nc1nc(Cl)ncc1F. The molecule has 0 saturated heterocycles. The van der Waals surface area contributed by atoms with E-state index in [2.05, 4.69) is 15.3 Å². The van der Waals surface area contributed by atoms with Crippen LogP contribution in [0.1, 0.15) is 13.8 Å². The Labute approximate surface area is 127 Å². The zero-order valence-electron chi connectivity index (χ0n) is 11.3. The average molecular weight is 330 g/mol. The predicted molar refractivity (Wildman–Crippen MR) is 79.0 cm³/mol. The van der Waals surface area contributed by atoms with E-state index < -0.39 is 20.9 Å². The highest BCUT2D eigenvalue weighted by Crippen LogP contribution is 2.28. The van der Waals surface area contributed by atoms with Crippen molar-refractivity contribution in [2.24, 2.45) is 0 Å². The van der Waals surface area contributed by atoms with E-state index in [9.17, 15) is 12.8 Å². The third-order valence-electron chi connectivity index (χ3n) is 2.78. The zero-order chi connectivity index (χ0) is 15.6. The van der Waals surface area contributed by atoms with Crippen LogP contribution in [0, 0.1) is 5.82 Å². The lowest BCUT2D eigenvalue weighted by Gasteiger charge is -2.14. The molecule has 2 aromatic rings. The van der Waals surface area contributed by atoms with Crippen LogP contribution in [0.5, 0.6) is 0 Å².